The molecule has 1 fully saturated rings. The molecule has 0 aromatic heterocycles. The molecule has 0 unspecified atom stereocenters. The number of carbonyl (C=O) groups is 1. The van der Waals surface area contributed by atoms with Gasteiger partial charge >= 0.3 is 0 Å². The molecule has 0 spiro atoms. The smallest absolute Gasteiger partial charge is 0.255 e. The zero-order chi connectivity index (χ0) is 15.4. The lowest BCUT2D eigenvalue weighted by molar-refractivity contribution is 0.102. The first-order valence-corrected chi connectivity index (χ1v) is 7.95. The SMILES string of the molecule is Cc1cc(NC2CCCC2)cc(C(=O)Nc2ccccc2)c1. The van der Waals surface area contributed by atoms with Crippen molar-refractivity contribution in [3.8, 4) is 0 Å². The number of hydrogen-bond acceptors (Lipinski definition) is 2. The lowest BCUT2D eigenvalue weighted by Gasteiger charge is -2.15. The molecule has 0 bridgehead atoms. The van der Waals surface area contributed by atoms with Gasteiger partial charge in [-0.25, -0.2) is 0 Å². The molecule has 2 aromatic carbocycles. The second-order valence-corrected chi connectivity index (χ2v) is 6.03. The maximum atomic E-state index is 12.4. The van der Waals surface area contributed by atoms with Crippen LogP contribution in [0.15, 0.2) is 48.5 Å². The minimum atomic E-state index is -0.0654. The Morgan fingerprint density at radius 1 is 1.00 bits per heavy atom. The van der Waals surface area contributed by atoms with Crippen LogP contribution in [-0.4, -0.2) is 11.9 Å². The van der Waals surface area contributed by atoms with Crippen molar-refractivity contribution < 1.29 is 4.79 Å². The van der Waals surface area contributed by atoms with E-state index in [1.807, 2.05) is 49.4 Å². The third-order valence-corrected chi connectivity index (χ3v) is 4.10. The van der Waals surface area contributed by atoms with Crippen molar-refractivity contribution in [1.29, 1.82) is 0 Å². The Hall–Kier alpha value is -2.29. The predicted octanol–water partition coefficient (Wildman–Crippen LogP) is 4.60. The molecule has 114 valence electrons. The first-order chi connectivity index (χ1) is 10.7. The summed E-state index contributed by atoms with van der Waals surface area (Å²) in [6, 6.07) is 16.1. The van der Waals surface area contributed by atoms with Gasteiger partial charge in [-0.05, 0) is 55.7 Å². The minimum absolute atomic E-state index is 0.0654. The average Bonchev–Trinajstić information content (AvgIpc) is 3.00. The van der Waals surface area contributed by atoms with Crippen molar-refractivity contribution in [3.63, 3.8) is 0 Å². The molecule has 2 aromatic rings. The third-order valence-electron chi connectivity index (χ3n) is 4.10. The van der Waals surface area contributed by atoms with Gasteiger partial charge in [-0.15, -0.1) is 0 Å². The van der Waals surface area contributed by atoms with Crippen molar-refractivity contribution in [2.75, 3.05) is 10.6 Å². The summed E-state index contributed by atoms with van der Waals surface area (Å²) >= 11 is 0. The summed E-state index contributed by atoms with van der Waals surface area (Å²) in [4.78, 5) is 12.4. The summed E-state index contributed by atoms with van der Waals surface area (Å²) in [7, 11) is 0. The highest BCUT2D eigenvalue weighted by Gasteiger charge is 2.15. The number of para-hydroxylation sites is 1. The lowest BCUT2D eigenvalue weighted by atomic mass is 10.1. The summed E-state index contributed by atoms with van der Waals surface area (Å²) in [5.74, 6) is -0.0654. The molecular formula is C19H22N2O. The van der Waals surface area contributed by atoms with Gasteiger partial charge in [0.1, 0.15) is 0 Å². The van der Waals surface area contributed by atoms with E-state index < -0.39 is 0 Å². The number of aryl methyl sites for hydroxylation is 1. The van der Waals surface area contributed by atoms with Gasteiger partial charge in [-0.2, -0.15) is 0 Å². The van der Waals surface area contributed by atoms with E-state index in [0.29, 0.717) is 11.6 Å². The Labute approximate surface area is 131 Å². The molecule has 0 saturated heterocycles. The van der Waals surface area contributed by atoms with Gasteiger partial charge in [0.05, 0.1) is 0 Å². The normalized spacial score (nSPS) is 14.8. The van der Waals surface area contributed by atoms with Crippen LogP contribution in [-0.2, 0) is 0 Å². The van der Waals surface area contributed by atoms with Gasteiger partial charge in [0.2, 0.25) is 0 Å². The van der Waals surface area contributed by atoms with Gasteiger partial charge < -0.3 is 10.6 Å². The van der Waals surface area contributed by atoms with Gasteiger partial charge in [-0.1, -0.05) is 31.0 Å². The fourth-order valence-corrected chi connectivity index (χ4v) is 3.03. The molecule has 1 saturated carbocycles. The molecule has 0 heterocycles. The van der Waals surface area contributed by atoms with Crippen LogP contribution in [0.25, 0.3) is 0 Å². The molecule has 3 nitrogen and oxygen atoms in total. The number of hydrogen-bond donors (Lipinski definition) is 2. The Morgan fingerprint density at radius 3 is 2.45 bits per heavy atom. The second kappa shape index (κ2) is 6.65. The molecule has 0 aliphatic heterocycles. The van der Waals surface area contributed by atoms with Gasteiger partial charge in [0.25, 0.3) is 5.91 Å². The van der Waals surface area contributed by atoms with E-state index in [1.165, 1.54) is 25.7 Å². The van der Waals surface area contributed by atoms with Crippen LogP contribution < -0.4 is 10.6 Å². The van der Waals surface area contributed by atoms with Crippen molar-refractivity contribution in [2.24, 2.45) is 0 Å². The number of rotatable bonds is 4. The number of benzene rings is 2. The second-order valence-electron chi connectivity index (χ2n) is 6.03. The fourth-order valence-electron chi connectivity index (χ4n) is 3.03. The van der Waals surface area contributed by atoms with E-state index in [1.54, 1.807) is 0 Å². The maximum Gasteiger partial charge on any atom is 0.255 e. The van der Waals surface area contributed by atoms with Crippen LogP contribution in [0.3, 0.4) is 0 Å². The maximum absolute atomic E-state index is 12.4. The van der Waals surface area contributed by atoms with Crippen LogP contribution in [0.2, 0.25) is 0 Å². The van der Waals surface area contributed by atoms with Crippen LogP contribution in [0.4, 0.5) is 11.4 Å². The topological polar surface area (TPSA) is 41.1 Å². The van der Waals surface area contributed by atoms with E-state index in [4.69, 9.17) is 0 Å². The highest BCUT2D eigenvalue weighted by Crippen LogP contribution is 2.24. The van der Waals surface area contributed by atoms with Gasteiger partial charge in [-0.3, -0.25) is 4.79 Å². The fraction of sp³-hybridized carbons (Fsp3) is 0.316. The number of anilines is 2. The Morgan fingerprint density at radius 2 is 1.73 bits per heavy atom. The molecule has 0 atom stereocenters. The molecule has 0 radical (unpaired) electrons. The molecule has 1 aliphatic carbocycles. The largest absolute Gasteiger partial charge is 0.382 e. The molecule has 3 rings (SSSR count). The van der Waals surface area contributed by atoms with Crippen LogP contribution in [0.1, 0.15) is 41.6 Å². The Balaban J connectivity index is 1.75. The minimum Gasteiger partial charge on any atom is -0.382 e. The van der Waals surface area contributed by atoms with E-state index in [-0.39, 0.29) is 5.91 Å². The third kappa shape index (κ3) is 3.67. The first kappa shape index (κ1) is 14.6. The molecule has 22 heavy (non-hydrogen) atoms. The van der Waals surface area contributed by atoms with E-state index in [0.717, 1.165) is 16.9 Å². The zero-order valence-electron chi connectivity index (χ0n) is 12.9. The summed E-state index contributed by atoms with van der Waals surface area (Å²) in [6.45, 7) is 2.03. The molecule has 1 aliphatic rings. The van der Waals surface area contributed by atoms with Crippen molar-refractivity contribution >= 4 is 17.3 Å². The van der Waals surface area contributed by atoms with Gasteiger partial charge in [0, 0.05) is 23.0 Å². The Bertz CT molecular complexity index is 646. The monoisotopic (exact) mass is 294 g/mol. The molecule has 1 amide bonds. The van der Waals surface area contributed by atoms with Crippen LogP contribution >= 0.6 is 0 Å². The van der Waals surface area contributed by atoms with Crippen LogP contribution in [0, 0.1) is 6.92 Å². The van der Waals surface area contributed by atoms with E-state index >= 15 is 0 Å². The summed E-state index contributed by atoms with van der Waals surface area (Å²) < 4.78 is 0. The summed E-state index contributed by atoms with van der Waals surface area (Å²) in [5, 5.41) is 6.50. The van der Waals surface area contributed by atoms with Crippen LogP contribution in [0.5, 0.6) is 0 Å². The van der Waals surface area contributed by atoms with E-state index in [9.17, 15) is 4.79 Å². The van der Waals surface area contributed by atoms with E-state index in [2.05, 4.69) is 16.7 Å². The highest BCUT2D eigenvalue weighted by atomic mass is 16.1. The highest BCUT2D eigenvalue weighted by molar-refractivity contribution is 6.04. The number of amides is 1. The zero-order valence-corrected chi connectivity index (χ0v) is 12.9. The standard InChI is InChI=1S/C19H22N2O/c1-14-11-15(19(22)21-17-7-3-2-4-8-17)13-18(12-14)20-16-9-5-6-10-16/h2-4,7-8,11-13,16,20H,5-6,9-10H2,1H3,(H,21,22). The molecule has 3 heteroatoms. The van der Waals surface area contributed by atoms with Crippen molar-refractivity contribution in [2.45, 2.75) is 38.6 Å². The average molecular weight is 294 g/mol. The van der Waals surface area contributed by atoms with Crippen molar-refractivity contribution in [1.82, 2.24) is 0 Å². The molecule has 2 N–H and O–H groups in total. The quantitative estimate of drug-likeness (QED) is 0.865. The lowest BCUT2D eigenvalue weighted by Crippen LogP contribution is -2.16. The Kier molecular flexibility index (Phi) is 4.42. The summed E-state index contributed by atoms with van der Waals surface area (Å²) in [6.07, 6.45) is 5.04. The summed E-state index contributed by atoms with van der Waals surface area (Å²) in [5.41, 5.74) is 3.66. The molecular weight excluding hydrogens is 272 g/mol. The van der Waals surface area contributed by atoms with Crippen molar-refractivity contribution in [3.05, 3.63) is 59.7 Å². The number of nitrogens with one attached hydrogen (secondary N) is 2. The van der Waals surface area contributed by atoms with Gasteiger partial charge in [0.15, 0.2) is 0 Å². The predicted molar refractivity (Wildman–Crippen MR) is 91.5 cm³/mol. The first-order valence-electron chi connectivity index (χ1n) is 7.95. The number of carbonyl (C=O) groups excluding carboxylic acids is 1.